The van der Waals surface area contributed by atoms with Gasteiger partial charge in [0.15, 0.2) is 0 Å². The molecule has 0 aromatic carbocycles. The summed E-state index contributed by atoms with van der Waals surface area (Å²) in [4.78, 5) is 29.0. The molecule has 0 unspecified atom stereocenters. The van der Waals surface area contributed by atoms with Crippen molar-refractivity contribution in [1.82, 2.24) is 20.5 Å². The number of rotatable bonds is 9. The summed E-state index contributed by atoms with van der Waals surface area (Å²) in [5.41, 5.74) is 2.66. The van der Waals surface area contributed by atoms with Gasteiger partial charge in [0, 0.05) is 12.6 Å². The highest BCUT2D eigenvalue weighted by molar-refractivity contribution is 5.80. The number of alkyl halides is 6. The van der Waals surface area contributed by atoms with Gasteiger partial charge in [-0.15, -0.1) is 0 Å². The van der Waals surface area contributed by atoms with E-state index >= 15 is 0 Å². The molecule has 1 heterocycles. The average Bonchev–Trinajstić information content (AvgIpc) is 2.57. The van der Waals surface area contributed by atoms with Gasteiger partial charge in [0.2, 0.25) is 18.3 Å². The predicted molar refractivity (Wildman–Crippen MR) is 76.8 cm³/mol. The number of anilines is 1. The molecule has 0 fully saturated rings. The molecule has 0 aliphatic rings. The summed E-state index contributed by atoms with van der Waals surface area (Å²) in [7, 11) is 0. The van der Waals surface area contributed by atoms with Crippen molar-refractivity contribution in [2.45, 2.75) is 31.6 Å². The first-order valence-corrected chi connectivity index (χ1v) is 7.36. The molecule has 152 valence electrons. The Balaban J connectivity index is 2.70. The topological polar surface area (TPSA) is 107 Å². The smallest absolute Gasteiger partial charge is 0.286 e. The molecule has 1 aromatic heterocycles. The van der Waals surface area contributed by atoms with E-state index in [0.29, 0.717) is 6.07 Å². The standard InChI is InChI=1S/C13H15F6N5O3/c14-12(15,16)4-1-2-8(6-24(27)7-25)10(26)22-23-11-20-5-3-9(21-11)13(17,18)19/h3,5,7-8,27H,1-2,4,6H2,(H,22,26)(H,20,21,23)/t8-/m1/s1. The first-order valence-electron chi connectivity index (χ1n) is 7.36. The molecule has 0 saturated heterocycles. The lowest BCUT2D eigenvalue weighted by molar-refractivity contribution is -0.155. The second-order valence-electron chi connectivity index (χ2n) is 5.31. The number of carbonyl (C=O) groups excluding carboxylic acids is 2. The highest BCUT2D eigenvalue weighted by atomic mass is 19.4. The lowest BCUT2D eigenvalue weighted by atomic mass is 10.0. The van der Waals surface area contributed by atoms with E-state index in [9.17, 15) is 35.9 Å². The van der Waals surface area contributed by atoms with E-state index < -0.39 is 55.2 Å². The van der Waals surface area contributed by atoms with Crippen LogP contribution in [-0.2, 0) is 15.8 Å². The molecule has 27 heavy (non-hydrogen) atoms. The molecular weight excluding hydrogens is 388 g/mol. The highest BCUT2D eigenvalue weighted by Gasteiger charge is 2.33. The fourth-order valence-electron chi connectivity index (χ4n) is 1.92. The normalized spacial score (nSPS) is 13.0. The number of amides is 2. The maximum atomic E-state index is 12.5. The lowest BCUT2D eigenvalue weighted by Gasteiger charge is -2.20. The zero-order chi connectivity index (χ0) is 20.7. The second kappa shape index (κ2) is 9.34. The van der Waals surface area contributed by atoms with Crippen LogP contribution in [0.25, 0.3) is 0 Å². The fraction of sp³-hybridized carbons (Fsp3) is 0.538. The number of hydrazine groups is 1. The summed E-state index contributed by atoms with van der Waals surface area (Å²) >= 11 is 0. The van der Waals surface area contributed by atoms with Crippen molar-refractivity contribution in [3.05, 3.63) is 18.0 Å². The van der Waals surface area contributed by atoms with Gasteiger partial charge in [-0.05, 0) is 18.9 Å². The van der Waals surface area contributed by atoms with Crippen molar-refractivity contribution in [1.29, 1.82) is 0 Å². The zero-order valence-electron chi connectivity index (χ0n) is 13.5. The summed E-state index contributed by atoms with van der Waals surface area (Å²) in [6.45, 7) is -0.613. The van der Waals surface area contributed by atoms with Crippen LogP contribution in [0.5, 0.6) is 0 Å². The molecule has 1 atom stereocenters. The number of nitrogens with one attached hydrogen (secondary N) is 2. The van der Waals surface area contributed by atoms with Crippen molar-refractivity contribution in [3.8, 4) is 0 Å². The Morgan fingerprint density at radius 2 is 1.96 bits per heavy atom. The van der Waals surface area contributed by atoms with E-state index in [0.717, 1.165) is 6.20 Å². The van der Waals surface area contributed by atoms with Crippen molar-refractivity contribution in [2.24, 2.45) is 5.92 Å². The van der Waals surface area contributed by atoms with Crippen LogP contribution in [0.15, 0.2) is 12.3 Å². The third-order valence-corrected chi connectivity index (χ3v) is 3.16. The molecule has 1 aromatic rings. The molecule has 0 saturated carbocycles. The molecule has 3 N–H and O–H groups in total. The number of nitrogens with zero attached hydrogens (tertiary/aromatic N) is 3. The van der Waals surface area contributed by atoms with E-state index in [1.54, 1.807) is 0 Å². The van der Waals surface area contributed by atoms with Crippen LogP contribution in [0.4, 0.5) is 32.3 Å². The van der Waals surface area contributed by atoms with Crippen LogP contribution < -0.4 is 10.9 Å². The van der Waals surface area contributed by atoms with E-state index in [-0.39, 0.29) is 17.9 Å². The molecule has 0 spiro atoms. The van der Waals surface area contributed by atoms with Crippen LogP contribution in [0.2, 0.25) is 0 Å². The predicted octanol–water partition coefficient (Wildman–Crippen LogP) is 2.13. The van der Waals surface area contributed by atoms with Crippen LogP contribution in [-0.4, -0.2) is 45.3 Å². The first-order chi connectivity index (χ1) is 12.4. The van der Waals surface area contributed by atoms with Crippen LogP contribution in [0, 0.1) is 5.92 Å². The Kier molecular flexibility index (Phi) is 7.75. The largest absolute Gasteiger partial charge is 0.433 e. The third kappa shape index (κ3) is 8.52. The molecule has 2 amide bonds. The Morgan fingerprint density at radius 3 is 2.52 bits per heavy atom. The molecule has 0 radical (unpaired) electrons. The minimum Gasteiger partial charge on any atom is -0.286 e. The van der Waals surface area contributed by atoms with Gasteiger partial charge in [-0.3, -0.25) is 25.6 Å². The van der Waals surface area contributed by atoms with Gasteiger partial charge >= 0.3 is 12.4 Å². The number of carbonyl (C=O) groups is 2. The highest BCUT2D eigenvalue weighted by Crippen LogP contribution is 2.27. The Morgan fingerprint density at radius 1 is 1.30 bits per heavy atom. The third-order valence-electron chi connectivity index (χ3n) is 3.16. The van der Waals surface area contributed by atoms with E-state index in [1.165, 1.54) is 0 Å². The summed E-state index contributed by atoms with van der Waals surface area (Å²) in [5.74, 6) is -2.84. The van der Waals surface area contributed by atoms with Gasteiger partial charge in [-0.2, -0.15) is 26.3 Å². The van der Waals surface area contributed by atoms with E-state index in [4.69, 9.17) is 5.21 Å². The molecule has 1 rings (SSSR count). The molecule has 0 bridgehead atoms. The minimum atomic E-state index is -4.75. The molecule has 14 heteroatoms. The van der Waals surface area contributed by atoms with E-state index in [1.807, 2.05) is 10.9 Å². The number of hydrogen-bond donors (Lipinski definition) is 3. The van der Waals surface area contributed by atoms with Crippen LogP contribution in [0.1, 0.15) is 25.0 Å². The Hall–Kier alpha value is -2.64. The monoisotopic (exact) mass is 403 g/mol. The Labute approximate surface area is 148 Å². The number of hydrogen-bond acceptors (Lipinski definition) is 6. The summed E-state index contributed by atoms with van der Waals surface area (Å²) in [6, 6.07) is 0.598. The molecule has 8 nitrogen and oxygen atoms in total. The van der Waals surface area contributed by atoms with Crippen molar-refractivity contribution < 1.29 is 41.1 Å². The second-order valence-corrected chi connectivity index (χ2v) is 5.31. The Bertz CT molecular complexity index is 640. The summed E-state index contributed by atoms with van der Waals surface area (Å²) in [6.07, 6.45) is -10.5. The molecule has 0 aliphatic carbocycles. The van der Waals surface area contributed by atoms with Crippen molar-refractivity contribution in [2.75, 3.05) is 12.0 Å². The summed E-state index contributed by atoms with van der Waals surface area (Å²) < 4.78 is 74.3. The first kappa shape index (κ1) is 22.4. The maximum Gasteiger partial charge on any atom is 0.433 e. The lowest BCUT2D eigenvalue weighted by Crippen LogP contribution is -2.40. The van der Waals surface area contributed by atoms with Crippen LogP contribution in [0.3, 0.4) is 0 Å². The summed E-state index contributed by atoms with van der Waals surface area (Å²) in [5, 5.41) is 9.21. The van der Waals surface area contributed by atoms with Crippen molar-refractivity contribution in [3.63, 3.8) is 0 Å². The molecular formula is C13H15F6N5O3. The SMILES string of the molecule is O=CN(O)C[C@@H](CCCC(F)(F)F)C(=O)NNc1nccc(C(F)(F)F)n1. The fourth-order valence-corrected chi connectivity index (χ4v) is 1.92. The van der Waals surface area contributed by atoms with E-state index in [2.05, 4.69) is 9.97 Å². The molecule has 0 aliphatic heterocycles. The van der Waals surface area contributed by atoms with Crippen LogP contribution >= 0.6 is 0 Å². The van der Waals surface area contributed by atoms with Gasteiger partial charge in [0.25, 0.3) is 0 Å². The van der Waals surface area contributed by atoms with Gasteiger partial charge < -0.3 is 0 Å². The number of hydroxylamine groups is 2. The zero-order valence-corrected chi connectivity index (χ0v) is 13.5. The number of aromatic nitrogens is 2. The minimum absolute atomic E-state index is 0.0482. The van der Waals surface area contributed by atoms with Gasteiger partial charge in [0.1, 0.15) is 5.69 Å². The maximum absolute atomic E-state index is 12.5. The number of halogens is 6. The quantitative estimate of drug-likeness (QED) is 0.252. The van der Waals surface area contributed by atoms with Gasteiger partial charge in [-0.25, -0.2) is 15.0 Å². The average molecular weight is 403 g/mol. The van der Waals surface area contributed by atoms with Gasteiger partial charge in [-0.1, -0.05) is 0 Å². The van der Waals surface area contributed by atoms with Crippen molar-refractivity contribution >= 4 is 18.3 Å². The van der Waals surface area contributed by atoms with Gasteiger partial charge in [0.05, 0.1) is 12.5 Å².